The number of hydrogen-bond donors (Lipinski definition) is 1. The van der Waals surface area contributed by atoms with Crippen LogP contribution >= 0.6 is 0 Å². The lowest BCUT2D eigenvalue weighted by Gasteiger charge is -2.46. The third kappa shape index (κ3) is 2.92. The third-order valence-electron chi connectivity index (χ3n) is 3.83. The number of rotatable bonds is 5. The highest BCUT2D eigenvalue weighted by Crippen LogP contribution is 2.31. The van der Waals surface area contributed by atoms with Crippen molar-refractivity contribution in [3.63, 3.8) is 0 Å². The van der Waals surface area contributed by atoms with Crippen molar-refractivity contribution in [1.29, 1.82) is 0 Å². The first kappa shape index (κ1) is 12.9. The van der Waals surface area contributed by atoms with Crippen molar-refractivity contribution in [2.75, 3.05) is 27.2 Å². The maximum atomic E-state index is 5.69. The van der Waals surface area contributed by atoms with E-state index >= 15 is 0 Å². The van der Waals surface area contributed by atoms with Crippen molar-refractivity contribution < 1.29 is 4.74 Å². The highest BCUT2D eigenvalue weighted by Gasteiger charge is 2.36. The van der Waals surface area contributed by atoms with Gasteiger partial charge in [-0.3, -0.25) is 4.90 Å². The van der Waals surface area contributed by atoms with Gasteiger partial charge in [0.25, 0.3) is 0 Å². The quantitative estimate of drug-likeness (QED) is 0.707. The molecule has 3 heteroatoms. The average molecular weight is 214 g/mol. The molecule has 0 heterocycles. The van der Waals surface area contributed by atoms with Crippen molar-refractivity contribution >= 4 is 0 Å². The molecule has 0 saturated heterocycles. The second-order valence-electron chi connectivity index (χ2n) is 4.45. The van der Waals surface area contributed by atoms with Gasteiger partial charge in [-0.15, -0.1) is 0 Å². The topological polar surface area (TPSA) is 24.5 Å². The zero-order chi connectivity index (χ0) is 11.3. The fourth-order valence-electron chi connectivity index (χ4n) is 2.60. The lowest BCUT2D eigenvalue weighted by Crippen LogP contribution is -2.58. The second-order valence-corrected chi connectivity index (χ2v) is 4.45. The minimum Gasteiger partial charge on any atom is -0.379 e. The summed E-state index contributed by atoms with van der Waals surface area (Å²) in [6, 6.07) is 0. The summed E-state index contributed by atoms with van der Waals surface area (Å²) in [5, 5.41) is 3.50. The summed E-state index contributed by atoms with van der Waals surface area (Å²) in [4.78, 5) is 2.43. The summed E-state index contributed by atoms with van der Waals surface area (Å²) >= 11 is 0. The second kappa shape index (κ2) is 5.83. The van der Waals surface area contributed by atoms with Crippen molar-refractivity contribution in [3.8, 4) is 0 Å². The summed E-state index contributed by atoms with van der Waals surface area (Å²) in [5.41, 5.74) is 0.211. The Kier molecular flexibility index (Phi) is 5.03. The Morgan fingerprint density at radius 3 is 2.33 bits per heavy atom. The van der Waals surface area contributed by atoms with Crippen LogP contribution in [0.15, 0.2) is 0 Å². The van der Waals surface area contributed by atoms with Crippen LogP contribution in [-0.4, -0.2) is 43.9 Å². The molecule has 0 aliphatic heterocycles. The molecule has 1 N–H and O–H groups in total. The number of nitrogens with zero attached hydrogens (tertiary/aromatic N) is 1. The molecule has 1 saturated carbocycles. The van der Waals surface area contributed by atoms with Crippen LogP contribution < -0.4 is 5.32 Å². The van der Waals surface area contributed by atoms with E-state index in [4.69, 9.17) is 4.74 Å². The smallest absolute Gasteiger partial charge is 0.0709 e. The normalized spacial score (nSPS) is 32.2. The van der Waals surface area contributed by atoms with Crippen LogP contribution in [0, 0.1) is 0 Å². The molecule has 1 fully saturated rings. The Hall–Kier alpha value is -0.120. The van der Waals surface area contributed by atoms with Crippen LogP contribution in [0.3, 0.4) is 0 Å². The molecule has 0 spiro atoms. The summed E-state index contributed by atoms with van der Waals surface area (Å²) < 4.78 is 5.69. The predicted molar refractivity (Wildman–Crippen MR) is 64.0 cm³/mol. The lowest BCUT2D eigenvalue weighted by atomic mass is 9.86. The Bertz CT molecular complexity index is 176. The molecule has 0 aromatic heterocycles. The van der Waals surface area contributed by atoms with E-state index in [0.717, 1.165) is 13.2 Å². The highest BCUT2D eigenvalue weighted by molar-refractivity contribution is 4.90. The van der Waals surface area contributed by atoms with Gasteiger partial charge in [0.1, 0.15) is 0 Å². The molecule has 0 radical (unpaired) electrons. The van der Waals surface area contributed by atoms with Crippen LogP contribution in [-0.2, 0) is 4.74 Å². The number of hydrogen-bond acceptors (Lipinski definition) is 3. The van der Waals surface area contributed by atoms with Gasteiger partial charge in [-0.2, -0.15) is 0 Å². The van der Waals surface area contributed by atoms with Gasteiger partial charge < -0.3 is 10.1 Å². The maximum absolute atomic E-state index is 5.69. The van der Waals surface area contributed by atoms with Crippen molar-refractivity contribution in [2.45, 2.75) is 51.3 Å². The van der Waals surface area contributed by atoms with Gasteiger partial charge >= 0.3 is 0 Å². The van der Waals surface area contributed by atoms with E-state index in [0.29, 0.717) is 6.10 Å². The molecule has 3 nitrogen and oxygen atoms in total. The van der Waals surface area contributed by atoms with Gasteiger partial charge in [0.15, 0.2) is 0 Å². The Morgan fingerprint density at radius 1 is 1.33 bits per heavy atom. The van der Waals surface area contributed by atoms with E-state index in [-0.39, 0.29) is 5.66 Å². The molecule has 0 amide bonds. The molecule has 15 heavy (non-hydrogen) atoms. The first-order valence-electron chi connectivity index (χ1n) is 6.20. The first-order chi connectivity index (χ1) is 7.18. The van der Waals surface area contributed by atoms with Crippen molar-refractivity contribution in [2.24, 2.45) is 0 Å². The summed E-state index contributed by atoms with van der Waals surface area (Å²) in [6.45, 7) is 6.24. The molecule has 0 aromatic rings. The van der Waals surface area contributed by atoms with Gasteiger partial charge in [0, 0.05) is 6.61 Å². The fraction of sp³-hybridized carbons (Fsp3) is 1.00. The molecule has 0 unspecified atom stereocenters. The molecular formula is C12H26N2O. The standard InChI is InChI=1S/C12H26N2O/c1-5-14(4)12(13-3)9-7-11(8-10-12)15-6-2/h11,13H,5-10H2,1-4H3. The Morgan fingerprint density at radius 2 is 1.93 bits per heavy atom. The van der Waals surface area contributed by atoms with Crippen LogP contribution in [0.2, 0.25) is 0 Å². The summed E-state index contributed by atoms with van der Waals surface area (Å²) in [6.07, 6.45) is 5.23. The minimum absolute atomic E-state index is 0.211. The zero-order valence-corrected chi connectivity index (χ0v) is 10.7. The van der Waals surface area contributed by atoms with Gasteiger partial charge in [0.2, 0.25) is 0 Å². The predicted octanol–water partition coefficient (Wildman–Crippen LogP) is 1.83. The highest BCUT2D eigenvalue weighted by atomic mass is 16.5. The SMILES string of the molecule is CCOC1CCC(NC)(N(C)CC)CC1. The van der Waals surface area contributed by atoms with Crippen molar-refractivity contribution in [3.05, 3.63) is 0 Å². The van der Waals surface area contributed by atoms with Crippen LogP contribution in [0.5, 0.6) is 0 Å². The van der Waals surface area contributed by atoms with E-state index in [2.05, 4.69) is 38.2 Å². The van der Waals surface area contributed by atoms with Crippen molar-refractivity contribution in [1.82, 2.24) is 10.2 Å². The molecule has 1 aliphatic carbocycles. The van der Waals surface area contributed by atoms with Gasteiger partial charge in [-0.25, -0.2) is 0 Å². The molecule has 0 atom stereocenters. The monoisotopic (exact) mass is 214 g/mol. The van der Waals surface area contributed by atoms with E-state index in [1.807, 2.05) is 0 Å². The molecule has 0 aromatic carbocycles. The van der Waals surface area contributed by atoms with Crippen LogP contribution in [0.4, 0.5) is 0 Å². The largest absolute Gasteiger partial charge is 0.379 e. The van der Waals surface area contributed by atoms with E-state index < -0.39 is 0 Å². The summed E-state index contributed by atoms with van der Waals surface area (Å²) in [5.74, 6) is 0. The van der Waals surface area contributed by atoms with Gasteiger partial charge in [-0.05, 0) is 53.2 Å². The van der Waals surface area contributed by atoms with Crippen LogP contribution in [0.1, 0.15) is 39.5 Å². The fourth-order valence-corrected chi connectivity index (χ4v) is 2.60. The van der Waals surface area contributed by atoms with Gasteiger partial charge in [-0.1, -0.05) is 6.92 Å². The number of nitrogens with one attached hydrogen (secondary N) is 1. The lowest BCUT2D eigenvalue weighted by molar-refractivity contribution is -0.0266. The van der Waals surface area contributed by atoms with Crippen LogP contribution in [0.25, 0.3) is 0 Å². The van der Waals surface area contributed by atoms with E-state index in [1.54, 1.807) is 0 Å². The maximum Gasteiger partial charge on any atom is 0.0709 e. The number of ether oxygens (including phenoxy) is 1. The minimum atomic E-state index is 0.211. The Balaban J connectivity index is 2.50. The Labute approximate surface area is 94.2 Å². The molecule has 0 bridgehead atoms. The molecule has 1 aliphatic rings. The first-order valence-corrected chi connectivity index (χ1v) is 6.20. The third-order valence-corrected chi connectivity index (χ3v) is 3.83. The molecule has 1 rings (SSSR count). The van der Waals surface area contributed by atoms with E-state index in [1.165, 1.54) is 25.7 Å². The average Bonchev–Trinajstić information content (AvgIpc) is 2.30. The molecule has 90 valence electrons. The van der Waals surface area contributed by atoms with Gasteiger partial charge in [0.05, 0.1) is 11.8 Å². The molecular weight excluding hydrogens is 188 g/mol. The summed E-state index contributed by atoms with van der Waals surface area (Å²) in [7, 11) is 4.28. The van der Waals surface area contributed by atoms with E-state index in [9.17, 15) is 0 Å². The zero-order valence-electron chi connectivity index (χ0n) is 10.7.